The lowest BCUT2D eigenvalue weighted by Crippen LogP contribution is -2.57. The molecule has 11 heteroatoms. The Bertz CT molecular complexity index is 1200. The summed E-state index contributed by atoms with van der Waals surface area (Å²) in [4.78, 5) is 40.5. The summed E-state index contributed by atoms with van der Waals surface area (Å²) in [5, 5.41) is 18.7. The Balaban J connectivity index is 1.82. The van der Waals surface area contributed by atoms with Crippen LogP contribution >= 0.6 is 0 Å². The minimum atomic E-state index is -1.11. The molecule has 3 amide bonds. The Morgan fingerprint density at radius 1 is 0.932 bits per heavy atom. The summed E-state index contributed by atoms with van der Waals surface area (Å²) in [6.07, 6.45) is 0.215. The van der Waals surface area contributed by atoms with Gasteiger partial charge in [0.15, 0.2) is 0 Å². The highest BCUT2D eigenvalue weighted by atomic mass is 16.6. The highest BCUT2D eigenvalue weighted by molar-refractivity contribution is 5.86. The number of anilines is 1. The number of ether oxygens (including phenoxy) is 2. The predicted molar refractivity (Wildman–Crippen MR) is 170 cm³/mol. The van der Waals surface area contributed by atoms with Gasteiger partial charge >= 0.3 is 12.2 Å². The van der Waals surface area contributed by atoms with Crippen LogP contribution in [0.5, 0.6) is 0 Å². The summed E-state index contributed by atoms with van der Waals surface area (Å²) in [5.74, 6) is -0.688. The molecule has 0 aromatic heterocycles. The van der Waals surface area contributed by atoms with E-state index in [1.165, 1.54) is 20.0 Å². The van der Waals surface area contributed by atoms with Crippen molar-refractivity contribution in [2.45, 2.75) is 84.2 Å². The number of methoxy groups -OCH3 is 1. The van der Waals surface area contributed by atoms with E-state index < -0.39 is 41.9 Å². The van der Waals surface area contributed by atoms with E-state index >= 15 is 0 Å². The maximum absolute atomic E-state index is 13.4. The van der Waals surface area contributed by atoms with Crippen molar-refractivity contribution in [1.82, 2.24) is 21.1 Å². The van der Waals surface area contributed by atoms with E-state index in [2.05, 4.69) is 33.1 Å². The van der Waals surface area contributed by atoms with Gasteiger partial charge in [0.2, 0.25) is 5.91 Å². The van der Waals surface area contributed by atoms with Crippen LogP contribution in [0.2, 0.25) is 0 Å². The van der Waals surface area contributed by atoms with Gasteiger partial charge in [0.1, 0.15) is 11.6 Å². The Morgan fingerprint density at radius 3 is 2.14 bits per heavy atom. The molecule has 11 nitrogen and oxygen atoms in total. The van der Waals surface area contributed by atoms with Gasteiger partial charge in [-0.25, -0.2) is 14.6 Å². The number of nitrogens with one attached hydrogen (secondary N) is 3. The van der Waals surface area contributed by atoms with Crippen LogP contribution in [0.25, 0.3) is 0 Å². The number of carbonyl (C=O) groups excluding carboxylic acids is 3. The number of aliphatic hydroxyl groups is 1. The van der Waals surface area contributed by atoms with E-state index in [1.807, 2.05) is 56.3 Å². The summed E-state index contributed by atoms with van der Waals surface area (Å²) in [7, 11) is 1.23. The van der Waals surface area contributed by atoms with Crippen molar-refractivity contribution >= 4 is 23.8 Å². The Kier molecular flexibility index (Phi) is 12.8. The second kappa shape index (κ2) is 16.3. The van der Waals surface area contributed by atoms with Crippen LogP contribution in [0.15, 0.2) is 54.6 Å². The van der Waals surface area contributed by atoms with Gasteiger partial charge in [-0.3, -0.25) is 10.2 Å². The number of alkyl carbamates (subject to hydrolysis) is 1. The molecule has 0 aliphatic carbocycles. The number of aliphatic hydroxyl groups excluding tert-OH is 1. The summed E-state index contributed by atoms with van der Waals surface area (Å²) in [5.41, 5.74) is 5.07. The third-order valence-electron chi connectivity index (χ3n) is 7.34. The average Bonchev–Trinajstić information content (AvgIpc) is 3.50. The van der Waals surface area contributed by atoms with Crippen molar-refractivity contribution in [3.8, 4) is 0 Å². The summed E-state index contributed by atoms with van der Waals surface area (Å²) >= 11 is 0. The second-order valence-electron chi connectivity index (χ2n) is 12.6. The van der Waals surface area contributed by atoms with Crippen molar-refractivity contribution < 1.29 is 29.0 Å². The van der Waals surface area contributed by atoms with Crippen LogP contribution in [0.3, 0.4) is 0 Å². The van der Waals surface area contributed by atoms with Gasteiger partial charge in [-0.1, -0.05) is 56.3 Å². The van der Waals surface area contributed by atoms with Crippen LogP contribution in [0.1, 0.15) is 58.6 Å². The Hall–Kier alpha value is -3.83. The molecule has 2 unspecified atom stereocenters. The fraction of sp³-hybridized carbons (Fsp3) is 0.545. The molecule has 1 aliphatic rings. The quantitative estimate of drug-likeness (QED) is 0.250. The highest BCUT2D eigenvalue weighted by Gasteiger charge is 2.31. The van der Waals surface area contributed by atoms with Crippen molar-refractivity contribution in [3.63, 3.8) is 0 Å². The third-order valence-corrected chi connectivity index (χ3v) is 7.34. The smallest absolute Gasteiger partial charge is 0.422 e. The second-order valence-corrected chi connectivity index (χ2v) is 12.6. The fourth-order valence-corrected chi connectivity index (χ4v) is 5.09. The van der Waals surface area contributed by atoms with E-state index in [9.17, 15) is 19.5 Å². The standard InChI is InChI=1S/C33H49N5O6/c1-23(2)29(35-31(41)43-6)30(40)34-27(20-24-12-8-7-9-13-24)28(39)22-38(36-32(42)44-33(3,4)5)21-25-14-16-26(17-15-25)37-18-10-11-19-37/h7-9,12-17,23,27-29,39H,10-11,18-22H2,1-6H3,(H,34,40)(H,35,41)(H,36,42)/t27?,28?,29-/m0/s1. The first kappa shape index (κ1) is 34.7. The van der Waals surface area contributed by atoms with Gasteiger partial charge in [0.25, 0.3) is 0 Å². The lowest BCUT2D eigenvalue weighted by molar-refractivity contribution is -0.125. The largest absolute Gasteiger partial charge is 0.453 e. The molecule has 242 valence electrons. The van der Waals surface area contributed by atoms with Gasteiger partial charge in [-0.15, -0.1) is 0 Å². The highest BCUT2D eigenvalue weighted by Crippen LogP contribution is 2.21. The molecular weight excluding hydrogens is 562 g/mol. The SMILES string of the molecule is COC(=O)N[C@H](C(=O)NC(Cc1ccccc1)C(O)CN(Cc1ccc(N2CCCC2)cc1)NC(=O)OC(C)(C)C)C(C)C. The summed E-state index contributed by atoms with van der Waals surface area (Å²) in [6.45, 7) is 11.3. The minimum Gasteiger partial charge on any atom is -0.453 e. The maximum atomic E-state index is 13.4. The van der Waals surface area contributed by atoms with Gasteiger partial charge in [0, 0.05) is 31.9 Å². The minimum absolute atomic E-state index is 0.0122. The lowest BCUT2D eigenvalue weighted by Gasteiger charge is -2.32. The van der Waals surface area contributed by atoms with Crippen LogP contribution in [0.4, 0.5) is 15.3 Å². The van der Waals surface area contributed by atoms with Gasteiger partial charge in [-0.05, 0) is 69.2 Å². The van der Waals surface area contributed by atoms with Crippen molar-refractivity contribution in [3.05, 3.63) is 65.7 Å². The molecule has 0 radical (unpaired) electrons. The Morgan fingerprint density at radius 2 is 1.57 bits per heavy atom. The predicted octanol–water partition coefficient (Wildman–Crippen LogP) is 4.00. The monoisotopic (exact) mass is 611 g/mol. The molecule has 3 rings (SSSR count). The first-order chi connectivity index (χ1) is 20.8. The van der Waals surface area contributed by atoms with Crippen molar-refractivity contribution in [2.24, 2.45) is 5.92 Å². The fourth-order valence-electron chi connectivity index (χ4n) is 5.09. The zero-order valence-corrected chi connectivity index (χ0v) is 26.8. The van der Waals surface area contributed by atoms with Gasteiger partial charge in [0.05, 0.1) is 19.3 Å². The zero-order valence-electron chi connectivity index (χ0n) is 26.8. The lowest BCUT2D eigenvalue weighted by atomic mass is 9.98. The van der Waals surface area contributed by atoms with E-state index in [1.54, 1.807) is 25.8 Å². The van der Waals surface area contributed by atoms with Gasteiger partial charge < -0.3 is 30.1 Å². The van der Waals surface area contributed by atoms with Crippen molar-refractivity contribution in [2.75, 3.05) is 31.6 Å². The first-order valence-corrected chi connectivity index (χ1v) is 15.3. The molecule has 1 fully saturated rings. The molecule has 4 N–H and O–H groups in total. The normalized spacial score (nSPS) is 15.4. The molecule has 3 atom stereocenters. The molecule has 44 heavy (non-hydrogen) atoms. The average molecular weight is 612 g/mol. The van der Waals surface area contributed by atoms with Crippen LogP contribution in [-0.2, 0) is 27.2 Å². The van der Waals surface area contributed by atoms with Crippen molar-refractivity contribution in [1.29, 1.82) is 0 Å². The van der Waals surface area contributed by atoms with Crippen LogP contribution < -0.4 is 21.0 Å². The molecule has 1 heterocycles. The number of hydrazine groups is 1. The molecule has 0 saturated carbocycles. The number of hydrogen-bond donors (Lipinski definition) is 4. The van der Waals surface area contributed by atoms with E-state index in [0.29, 0.717) is 13.0 Å². The number of nitrogens with zero attached hydrogens (tertiary/aromatic N) is 2. The topological polar surface area (TPSA) is 132 Å². The number of benzene rings is 2. The Labute approximate surface area is 261 Å². The molecule has 1 saturated heterocycles. The number of amides is 3. The number of carbonyl (C=O) groups is 3. The summed E-state index contributed by atoms with van der Waals surface area (Å²) in [6, 6.07) is 16.0. The molecule has 0 spiro atoms. The first-order valence-electron chi connectivity index (χ1n) is 15.3. The summed E-state index contributed by atoms with van der Waals surface area (Å²) < 4.78 is 10.2. The van der Waals surface area contributed by atoms with Gasteiger partial charge in [-0.2, -0.15) is 0 Å². The van der Waals surface area contributed by atoms with E-state index in [-0.39, 0.29) is 12.5 Å². The molecule has 0 bridgehead atoms. The molecule has 1 aliphatic heterocycles. The molecular formula is C33H49N5O6. The molecule has 2 aromatic rings. The zero-order chi connectivity index (χ0) is 32.3. The van der Waals surface area contributed by atoms with Crippen LogP contribution in [0, 0.1) is 5.92 Å². The maximum Gasteiger partial charge on any atom is 0.422 e. The molecule has 2 aromatic carbocycles. The van der Waals surface area contributed by atoms with E-state index in [0.717, 1.165) is 29.9 Å². The number of hydrogen-bond acceptors (Lipinski definition) is 8. The third kappa shape index (κ3) is 11.3. The van der Waals surface area contributed by atoms with Crippen LogP contribution in [-0.4, -0.2) is 78.7 Å². The van der Waals surface area contributed by atoms with E-state index in [4.69, 9.17) is 9.47 Å². The number of rotatable bonds is 13.